The summed E-state index contributed by atoms with van der Waals surface area (Å²) in [4.78, 5) is 7.13. The molecule has 0 bridgehead atoms. The molecule has 2 atom stereocenters. The average molecular weight is 339 g/mol. The zero-order chi connectivity index (χ0) is 16.5. The van der Waals surface area contributed by atoms with Crippen LogP contribution in [0.15, 0.2) is 21.8 Å². The van der Waals surface area contributed by atoms with Crippen molar-refractivity contribution in [2.24, 2.45) is 4.99 Å². The quantitative estimate of drug-likeness (QED) is 0.455. The van der Waals surface area contributed by atoms with Gasteiger partial charge in [0.2, 0.25) is 0 Å². The molecular weight excluding hydrogens is 308 g/mol. The molecule has 5 nitrogen and oxygen atoms in total. The van der Waals surface area contributed by atoms with Crippen LogP contribution in [0.1, 0.15) is 32.8 Å². The fraction of sp³-hybridized carbons (Fsp3) is 0.706. The zero-order valence-corrected chi connectivity index (χ0v) is 15.4. The highest BCUT2D eigenvalue weighted by molar-refractivity contribution is 7.07. The van der Waals surface area contributed by atoms with E-state index in [0.29, 0.717) is 12.2 Å². The Morgan fingerprint density at radius 1 is 1.35 bits per heavy atom. The van der Waals surface area contributed by atoms with Gasteiger partial charge in [0.25, 0.3) is 0 Å². The predicted molar refractivity (Wildman–Crippen MR) is 98.2 cm³/mol. The van der Waals surface area contributed by atoms with Gasteiger partial charge in [-0.05, 0) is 49.6 Å². The molecule has 2 heterocycles. The second-order valence-electron chi connectivity index (χ2n) is 6.12. The molecule has 2 N–H and O–H groups in total. The first-order valence-corrected chi connectivity index (χ1v) is 9.52. The van der Waals surface area contributed by atoms with Crippen molar-refractivity contribution in [3.05, 3.63) is 22.4 Å². The van der Waals surface area contributed by atoms with Gasteiger partial charge in [-0.3, -0.25) is 4.90 Å². The summed E-state index contributed by atoms with van der Waals surface area (Å²) in [7, 11) is 0. The van der Waals surface area contributed by atoms with Gasteiger partial charge in [0.05, 0.1) is 18.8 Å². The van der Waals surface area contributed by atoms with Gasteiger partial charge in [-0.2, -0.15) is 11.3 Å². The Bertz CT molecular complexity index is 453. The van der Waals surface area contributed by atoms with Gasteiger partial charge in [-0.1, -0.05) is 0 Å². The van der Waals surface area contributed by atoms with E-state index in [9.17, 15) is 0 Å². The van der Waals surface area contributed by atoms with Crippen molar-refractivity contribution in [2.75, 3.05) is 32.7 Å². The first-order chi connectivity index (χ1) is 11.2. The lowest BCUT2D eigenvalue weighted by molar-refractivity contribution is -0.0679. The monoisotopic (exact) mass is 338 g/mol. The van der Waals surface area contributed by atoms with Crippen molar-refractivity contribution in [1.82, 2.24) is 15.5 Å². The molecule has 6 heteroatoms. The van der Waals surface area contributed by atoms with E-state index < -0.39 is 0 Å². The number of morpholine rings is 1. The fourth-order valence-electron chi connectivity index (χ4n) is 2.87. The summed E-state index contributed by atoms with van der Waals surface area (Å²) in [6.45, 7) is 12.1. The molecule has 1 aromatic heterocycles. The molecule has 0 radical (unpaired) electrons. The lowest BCUT2D eigenvalue weighted by Crippen LogP contribution is -2.46. The van der Waals surface area contributed by atoms with Crippen LogP contribution in [0.25, 0.3) is 0 Å². The molecule has 130 valence electrons. The summed E-state index contributed by atoms with van der Waals surface area (Å²) < 4.78 is 5.77. The van der Waals surface area contributed by atoms with E-state index in [1.807, 2.05) is 0 Å². The molecule has 1 saturated heterocycles. The average Bonchev–Trinajstić information content (AvgIpc) is 3.01. The van der Waals surface area contributed by atoms with Crippen LogP contribution in [0.5, 0.6) is 0 Å². The van der Waals surface area contributed by atoms with Crippen LogP contribution in [-0.4, -0.2) is 55.8 Å². The second kappa shape index (κ2) is 9.90. The fourth-order valence-corrected chi connectivity index (χ4v) is 3.53. The van der Waals surface area contributed by atoms with E-state index in [-0.39, 0.29) is 0 Å². The molecule has 0 saturated carbocycles. The molecule has 1 fully saturated rings. The minimum absolute atomic E-state index is 0.344. The van der Waals surface area contributed by atoms with Crippen LogP contribution in [0.4, 0.5) is 0 Å². The molecule has 0 amide bonds. The molecule has 23 heavy (non-hydrogen) atoms. The van der Waals surface area contributed by atoms with Crippen molar-refractivity contribution in [3.8, 4) is 0 Å². The van der Waals surface area contributed by atoms with Crippen molar-refractivity contribution < 1.29 is 4.74 Å². The number of rotatable bonds is 7. The number of ether oxygens (including phenoxy) is 1. The van der Waals surface area contributed by atoms with Crippen LogP contribution in [0.2, 0.25) is 0 Å². The lowest BCUT2D eigenvalue weighted by atomic mass is 10.2. The second-order valence-corrected chi connectivity index (χ2v) is 6.90. The highest BCUT2D eigenvalue weighted by Crippen LogP contribution is 2.10. The molecule has 0 spiro atoms. The summed E-state index contributed by atoms with van der Waals surface area (Å²) in [5.74, 6) is 0.905. The molecule has 2 rings (SSSR count). The number of thiophene rings is 1. The first kappa shape index (κ1) is 18.2. The maximum atomic E-state index is 5.77. The SMILES string of the molecule is CCNC(=NCc1ccsc1)NCCCN1CC(C)OC(C)C1. The van der Waals surface area contributed by atoms with Gasteiger partial charge in [0, 0.05) is 32.7 Å². The van der Waals surface area contributed by atoms with E-state index in [1.54, 1.807) is 11.3 Å². The van der Waals surface area contributed by atoms with Crippen LogP contribution in [0, 0.1) is 0 Å². The van der Waals surface area contributed by atoms with Gasteiger partial charge < -0.3 is 15.4 Å². The van der Waals surface area contributed by atoms with Gasteiger partial charge >= 0.3 is 0 Å². The third-order valence-electron chi connectivity index (χ3n) is 3.78. The number of hydrogen-bond donors (Lipinski definition) is 2. The van der Waals surface area contributed by atoms with E-state index in [1.165, 1.54) is 5.56 Å². The third-order valence-corrected chi connectivity index (χ3v) is 4.51. The van der Waals surface area contributed by atoms with Crippen molar-refractivity contribution in [2.45, 2.75) is 45.9 Å². The van der Waals surface area contributed by atoms with E-state index in [2.05, 4.69) is 58.1 Å². The molecule has 1 aliphatic heterocycles. The van der Waals surface area contributed by atoms with Crippen LogP contribution in [0.3, 0.4) is 0 Å². The summed E-state index contributed by atoms with van der Waals surface area (Å²) in [5, 5.41) is 11.0. The van der Waals surface area contributed by atoms with Gasteiger partial charge in [-0.25, -0.2) is 4.99 Å². The topological polar surface area (TPSA) is 48.9 Å². The Kier molecular flexibility index (Phi) is 7.85. The molecular formula is C17H30N4OS. The van der Waals surface area contributed by atoms with Gasteiger partial charge in [0.1, 0.15) is 0 Å². The molecule has 1 aromatic rings. The number of hydrogen-bond acceptors (Lipinski definition) is 4. The lowest BCUT2D eigenvalue weighted by Gasteiger charge is -2.35. The zero-order valence-electron chi connectivity index (χ0n) is 14.5. The summed E-state index contributed by atoms with van der Waals surface area (Å²) in [5.41, 5.74) is 1.27. The first-order valence-electron chi connectivity index (χ1n) is 8.58. The number of nitrogens with zero attached hydrogens (tertiary/aromatic N) is 2. The summed E-state index contributed by atoms with van der Waals surface area (Å²) >= 11 is 1.72. The Labute approximate surface area is 144 Å². The summed E-state index contributed by atoms with van der Waals surface area (Å²) in [6, 6.07) is 2.12. The van der Waals surface area contributed by atoms with E-state index >= 15 is 0 Å². The third kappa shape index (κ3) is 6.89. The Balaban J connectivity index is 1.68. The Morgan fingerprint density at radius 2 is 2.13 bits per heavy atom. The van der Waals surface area contributed by atoms with E-state index in [4.69, 9.17) is 4.74 Å². The Hall–Kier alpha value is -1.11. The summed E-state index contributed by atoms with van der Waals surface area (Å²) in [6.07, 6.45) is 1.80. The Morgan fingerprint density at radius 3 is 2.78 bits per heavy atom. The van der Waals surface area contributed by atoms with Gasteiger partial charge in [-0.15, -0.1) is 0 Å². The standard InChI is InChI=1S/C17H30N4OS/c1-4-18-17(20-10-16-6-9-23-13-16)19-7-5-8-21-11-14(2)22-15(3)12-21/h6,9,13-15H,4-5,7-8,10-12H2,1-3H3,(H2,18,19,20). The van der Waals surface area contributed by atoms with E-state index in [0.717, 1.165) is 51.6 Å². The van der Waals surface area contributed by atoms with Crippen LogP contribution >= 0.6 is 11.3 Å². The van der Waals surface area contributed by atoms with Crippen molar-refractivity contribution in [1.29, 1.82) is 0 Å². The largest absolute Gasteiger partial charge is 0.373 e. The predicted octanol–water partition coefficient (Wildman–Crippen LogP) is 2.30. The number of nitrogens with one attached hydrogen (secondary N) is 2. The maximum Gasteiger partial charge on any atom is 0.191 e. The highest BCUT2D eigenvalue weighted by atomic mass is 32.1. The van der Waals surface area contributed by atoms with Gasteiger partial charge in [0.15, 0.2) is 5.96 Å². The minimum Gasteiger partial charge on any atom is -0.373 e. The van der Waals surface area contributed by atoms with Crippen LogP contribution < -0.4 is 10.6 Å². The highest BCUT2D eigenvalue weighted by Gasteiger charge is 2.21. The van der Waals surface area contributed by atoms with Crippen molar-refractivity contribution >= 4 is 17.3 Å². The smallest absolute Gasteiger partial charge is 0.191 e. The molecule has 1 aliphatic rings. The van der Waals surface area contributed by atoms with Crippen LogP contribution in [-0.2, 0) is 11.3 Å². The maximum absolute atomic E-state index is 5.77. The normalized spacial score (nSPS) is 23.0. The molecule has 0 aliphatic carbocycles. The van der Waals surface area contributed by atoms with Crippen molar-refractivity contribution in [3.63, 3.8) is 0 Å². The number of aliphatic imine (C=N–C) groups is 1. The minimum atomic E-state index is 0.344. The molecule has 0 aromatic carbocycles. The number of guanidine groups is 1. The molecule has 2 unspecified atom stereocenters.